The fourth-order valence-electron chi connectivity index (χ4n) is 4.14. The van der Waals surface area contributed by atoms with Crippen molar-refractivity contribution in [1.29, 1.82) is 0 Å². The van der Waals surface area contributed by atoms with Crippen LogP contribution in [0.1, 0.15) is 35.3 Å². The Balaban J connectivity index is 1.43. The molecule has 4 rings (SSSR count). The van der Waals surface area contributed by atoms with Crippen LogP contribution in [0.3, 0.4) is 0 Å². The van der Waals surface area contributed by atoms with Crippen molar-refractivity contribution in [2.45, 2.75) is 39.2 Å². The molecule has 180 valence electrons. The van der Waals surface area contributed by atoms with Gasteiger partial charge < -0.3 is 9.32 Å². The molecular formula is C24H28N3O6P. The average molecular weight is 485 g/mol. The second-order valence-corrected chi connectivity index (χ2v) is 10.3. The summed E-state index contributed by atoms with van der Waals surface area (Å²) < 4.78 is 29.8. The quantitative estimate of drug-likeness (QED) is 0.436. The molecule has 3 aromatic rings. The number of benzene rings is 1. The third-order valence-corrected chi connectivity index (χ3v) is 7.95. The third-order valence-electron chi connectivity index (χ3n) is 6.13. The summed E-state index contributed by atoms with van der Waals surface area (Å²) >= 11 is 0. The van der Waals surface area contributed by atoms with Gasteiger partial charge in [-0.1, -0.05) is 24.3 Å². The lowest BCUT2D eigenvalue weighted by atomic mass is 10.0. The molecule has 0 saturated carbocycles. The minimum absolute atomic E-state index is 0.0161. The Morgan fingerprint density at radius 3 is 2.68 bits per heavy atom. The van der Waals surface area contributed by atoms with Gasteiger partial charge in [-0.25, -0.2) is 9.55 Å². The lowest BCUT2D eigenvalue weighted by molar-refractivity contribution is -0.130. The maximum atomic E-state index is 12.8. The number of pyridine rings is 1. The molecule has 0 N–H and O–H groups in total. The minimum atomic E-state index is -3.80. The molecular weight excluding hydrogens is 457 g/mol. The van der Waals surface area contributed by atoms with Crippen LogP contribution in [0.4, 0.5) is 5.82 Å². The van der Waals surface area contributed by atoms with E-state index in [4.69, 9.17) is 13.5 Å². The second kappa shape index (κ2) is 9.70. The molecule has 0 fully saturated rings. The Hall–Kier alpha value is -3.00. The van der Waals surface area contributed by atoms with Crippen molar-refractivity contribution in [1.82, 2.24) is 9.88 Å². The average Bonchev–Trinajstić information content (AvgIpc) is 3.17. The standard InChI is InChI=1S/C24H28N3O6P/c1-16-19-7-5-6-8-20(19)33-21(16)15-26(2)22(28)11-9-17-13-18-10-12-23(29)27(24(18)25-14-17)34(30,31-3)32-4/h5-8,13-14H,9-12,15H2,1-4H3. The molecule has 0 atom stereocenters. The molecule has 3 heterocycles. The van der Waals surface area contributed by atoms with E-state index < -0.39 is 7.75 Å². The van der Waals surface area contributed by atoms with E-state index in [1.165, 1.54) is 14.2 Å². The van der Waals surface area contributed by atoms with Crippen LogP contribution in [-0.4, -0.2) is 43.0 Å². The largest absolute Gasteiger partial charge is 0.459 e. The molecule has 2 amide bonds. The maximum Gasteiger partial charge on any atom is 0.442 e. The number of aromatic nitrogens is 1. The van der Waals surface area contributed by atoms with Gasteiger partial charge in [-0.05, 0) is 37.0 Å². The molecule has 1 aliphatic heterocycles. The molecule has 10 heteroatoms. The van der Waals surface area contributed by atoms with Crippen LogP contribution >= 0.6 is 7.75 Å². The van der Waals surface area contributed by atoms with Crippen LogP contribution in [0, 0.1) is 6.92 Å². The zero-order valence-corrected chi connectivity index (χ0v) is 20.6. The van der Waals surface area contributed by atoms with Gasteiger partial charge >= 0.3 is 7.75 Å². The maximum absolute atomic E-state index is 12.8. The van der Waals surface area contributed by atoms with E-state index in [2.05, 4.69) is 4.98 Å². The molecule has 1 aromatic carbocycles. The molecule has 0 radical (unpaired) electrons. The van der Waals surface area contributed by atoms with Crippen LogP contribution in [0.25, 0.3) is 11.0 Å². The van der Waals surface area contributed by atoms with E-state index in [1.54, 1.807) is 18.1 Å². The summed E-state index contributed by atoms with van der Waals surface area (Å²) in [5.74, 6) is 0.670. The number of nitrogens with zero attached hydrogens (tertiary/aromatic N) is 3. The van der Waals surface area contributed by atoms with Crippen molar-refractivity contribution < 1.29 is 27.6 Å². The van der Waals surface area contributed by atoms with Crippen LogP contribution in [0.5, 0.6) is 0 Å². The summed E-state index contributed by atoms with van der Waals surface area (Å²) in [6.45, 7) is 2.39. The van der Waals surface area contributed by atoms with E-state index in [0.29, 0.717) is 25.8 Å². The number of amides is 2. The summed E-state index contributed by atoms with van der Waals surface area (Å²) in [6, 6.07) is 9.72. The van der Waals surface area contributed by atoms with E-state index in [0.717, 1.165) is 38.1 Å². The zero-order chi connectivity index (χ0) is 24.5. The third kappa shape index (κ3) is 4.51. The monoisotopic (exact) mass is 485 g/mol. The Morgan fingerprint density at radius 1 is 1.24 bits per heavy atom. The molecule has 0 spiro atoms. The molecule has 0 aliphatic carbocycles. The number of furan rings is 1. The highest BCUT2D eigenvalue weighted by Gasteiger charge is 2.41. The van der Waals surface area contributed by atoms with Crippen molar-refractivity contribution in [2.24, 2.45) is 0 Å². The first-order chi connectivity index (χ1) is 16.3. The van der Waals surface area contributed by atoms with Gasteiger partial charge in [0.05, 0.1) is 6.54 Å². The number of hydrogen-bond acceptors (Lipinski definition) is 7. The van der Waals surface area contributed by atoms with Gasteiger partial charge in [0.15, 0.2) is 0 Å². The molecule has 34 heavy (non-hydrogen) atoms. The van der Waals surface area contributed by atoms with Gasteiger partial charge in [-0.2, -0.15) is 4.67 Å². The predicted octanol–water partition coefficient (Wildman–Crippen LogP) is 4.41. The highest BCUT2D eigenvalue weighted by molar-refractivity contribution is 7.56. The molecule has 0 unspecified atom stereocenters. The number of rotatable bonds is 8. The first-order valence-corrected chi connectivity index (χ1v) is 12.5. The van der Waals surface area contributed by atoms with Crippen LogP contribution in [0.15, 0.2) is 40.9 Å². The topological polar surface area (TPSA) is 102 Å². The Labute approximate surface area is 198 Å². The van der Waals surface area contributed by atoms with Gasteiger partial charge in [-0.3, -0.25) is 18.6 Å². The van der Waals surface area contributed by atoms with E-state index in [9.17, 15) is 14.2 Å². The summed E-state index contributed by atoms with van der Waals surface area (Å²) in [7, 11) is 0.422. The van der Waals surface area contributed by atoms with Crippen LogP contribution < -0.4 is 4.67 Å². The van der Waals surface area contributed by atoms with Gasteiger partial charge in [-0.15, -0.1) is 0 Å². The summed E-state index contributed by atoms with van der Waals surface area (Å²) in [5.41, 5.74) is 3.48. The number of carbonyl (C=O) groups excluding carboxylic acids is 2. The SMILES string of the molecule is COP(=O)(OC)N1C(=O)CCc2cc(CCC(=O)N(C)Cc3oc4ccccc4c3C)cnc21. The van der Waals surface area contributed by atoms with Crippen LogP contribution in [-0.2, 0) is 42.6 Å². The number of para-hydroxylation sites is 1. The van der Waals surface area contributed by atoms with Crippen molar-refractivity contribution in [3.8, 4) is 0 Å². The Morgan fingerprint density at radius 2 is 1.97 bits per heavy atom. The van der Waals surface area contributed by atoms with Gasteiger partial charge in [0.2, 0.25) is 11.8 Å². The van der Waals surface area contributed by atoms with Gasteiger partial charge in [0.1, 0.15) is 17.2 Å². The predicted molar refractivity (Wildman–Crippen MR) is 127 cm³/mol. The van der Waals surface area contributed by atoms with Gasteiger partial charge in [0, 0.05) is 51.3 Å². The van der Waals surface area contributed by atoms with E-state index in [-0.39, 0.29) is 24.1 Å². The number of carbonyl (C=O) groups is 2. The Kier molecular flexibility index (Phi) is 6.89. The highest BCUT2D eigenvalue weighted by Crippen LogP contribution is 2.54. The lowest BCUT2D eigenvalue weighted by Crippen LogP contribution is -2.34. The summed E-state index contributed by atoms with van der Waals surface area (Å²) in [4.78, 5) is 31.2. The minimum Gasteiger partial charge on any atom is -0.459 e. The second-order valence-electron chi connectivity index (χ2n) is 8.26. The molecule has 9 nitrogen and oxygen atoms in total. The number of fused-ring (bicyclic) bond motifs is 2. The smallest absolute Gasteiger partial charge is 0.442 e. The fourth-order valence-corrected chi connectivity index (χ4v) is 5.40. The van der Waals surface area contributed by atoms with Gasteiger partial charge in [0.25, 0.3) is 0 Å². The molecule has 1 aliphatic rings. The first kappa shape index (κ1) is 24.1. The van der Waals surface area contributed by atoms with Crippen molar-refractivity contribution >= 4 is 36.3 Å². The number of aryl methyl sites for hydroxylation is 3. The van der Waals surface area contributed by atoms with E-state index in [1.807, 2.05) is 37.3 Å². The van der Waals surface area contributed by atoms with Crippen molar-refractivity contribution in [3.05, 3.63) is 59.0 Å². The number of hydrogen-bond donors (Lipinski definition) is 0. The normalized spacial score (nSPS) is 13.9. The summed E-state index contributed by atoms with van der Waals surface area (Å²) in [5, 5.41) is 1.05. The fraction of sp³-hybridized carbons (Fsp3) is 0.375. The first-order valence-electron chi connectivity index (χ1n) is 11.0. The molecule has 0 saturated heterocycles. The Bertz CT molecular complexity index is 1280. The van der Waals surface area contributed by atoms with Crippen molar-refractivity contribution in [2.75, 3.05) is 25.9 Å². The molecule has 2 aromatic heterocycles. The number of anilines is 1. The zero-order valence-electron chi connectivity index (χ0n) is 19.7. The highest BCUT2D eigenvalue weighted by atomic mass is 31.2. The van der Waals surface area contributed by atoms with Crippen LogP contribution in [0.2, 0.25) is 0 Å². The van der Waals surface area contributed by atoms with E-state index >= 15 is 0 Å². The lowest BCUT2D eigenvalue weighted by Gasteiger charge is -2.31. The summed E-state index contributed by atoms with van der Waals surface area (Å²) in [6.07, 6.45) is 3.03. The van der Waals surface area contributed by atoms with Crippen molar-refractivity contribution in [3.63, 3.8) is 0 Å². The molecule has 0 bridgehead atoms.